The minimum atomic E-state index is 0.162. The molecule has 0 aliphatic heterocycles. The molecule has 1 aromatic rings. The van der Waals surface area contributed by atoms with Crippen LogP contribution in [-0.4, -0.2) is 27.7 Å². The Morgan fingerprint density at radius 1 is 1.62 bits per heavy atom. The lowest BCUT2D eigenvalue weighted by molar-refractivity contribution is 0.296. The number of rotatable bonds is 4. The highest BCUT2D eigenvalue weighted by atomic mass is 32.2. The van der Waals surface area contributed by atoms with Crippen molar-refractivity contribution in [2.45, 2.75) is 11.4 Å². The zero-order valence-electron chi connectivity index (χ0n) is 6.97. The van der Waals surface area contributed by atoms with Gasteiger partial charge in [0.1, 0.15) is 11.1 Å². The van der Waals surface area contributed by atoms with Gasteiger partial charge in [0.2, 0.25) is 0 Å². The summed E-state index contributed by atoms with van der Waals surface area (Å²) in [5, 5.41) is 25.4. The molecule has 0 atom stereocenters. The van der Waals surface area contributed by atoms with E-state index in [1.807, 2.05) is 6.07 Å². The summed E-state index contributed by atoms with van der Waals surface area (Å²) in [7, 11) is 0. The largest absolute Gasteiger partial charge is 0.396 e. The van der Waals surface area contributed by atoms with E-state index in [0.29, 0.717) is 17.0 Å². The first kappa shape index (κ1) is 9.96. The third-order valence-corrected chi connectivity index (χ3v) is 2.42. The van der Waals surface area contributed by atoms with Gasteiger partial charge in [0.25, 0.3) is 0 Å². The Bertz CT molecular complexity index is 311. The first-order chi connectivity index (χ1) is 6.38. The van der Waals surface area contributed by atoms with Crippen LogP contribution in [0.4, 0.5) is 0 Å². The highest BCUT2D eigenvalue weighted by Gasteiger charge is 2.02. The third-order valence-electron chi connectivity index (χ3n) is 1.35. The average molecular weight is 195 g/mol. The molecule has 68 valence electrons. The Morgan fingerprint density at radius 2 is 2.46 bits per heavy atom. The first-order valence-electron chi connectivity index (χ1n) is 3.84. The van der Waals surface area contributed by atoms with Gasteiger partial charge in [-0.25, -0.2) is 0 Å². The van der Waals surface area contributed by atoms with Crippen molar-refractivity contribution in [2.75, 3.05) is 12.4 Å². The molecular weight excluding hydrogens is 186 g/mol. The van der Waals surface area contributed by atoms with Crippen LogP contribution in [0.1, 0.15) is 12.0 Å². The molecular formula is C8H9N3OS. The fraction of sp³-hybridized carbons (Fsp3) is 0.375. The molecule has 1 heterocycles. The second-order valence-electron chi connectivity index (χ2n) is 2.29. The van der Waals surface area contributed by atoms with Crippen LogP contribution in [0.5, 0.6) is 0 Å². The molecule has 0 saturated heterocycles. The molecule has 13 heavy (non-hydrogen) atoms. The van der Waals surface area contributed by atoms with E-state index in [9.17, 15) is 0 Å². The molecule has 4 nitrogen and oxygen atoms in total. The van der Waals surface area contributed by atoms with Crippen LogP contribution in [0.3, 0.4) is 0 Å². The van der Waals surface area contributed by atoms with Gasteiger partial charge >= 0.3 is 0 Å². The summed E-state index contributed by atoms with van der Waals surface area (Å²) in [6, 6.07) is 3.67. The number of aliphatic hydroxyl groups excluding tert-OH is 1. The lowest BCUT2D eigenvalue weighted by atomic mass is 10.3. The van der Waals surface area contributed by atoms with Gasteiger partial charge in [-0.1, -0.05) is 0 Å². The zero-order chi connectivity index (χ0) is 9.52. The summed E-state index contributed by atoms with van der Waals surface area (Å²) in [6.45, 7) is 0.162. The quantitative estimate of drug-likeness (QED) is 0.569. The van der Waals surface area contributed by atoms with Crippen molar-refractivity contribution in [1.82, 2.24) is 10.2 Å². The number of nitriles is 1. The van der Waals surface area contributed by atoms with Gasteiger partial charge in [0.15, 0.2) is 0 Å². The Hall–Kier alpha value is -1.12. The van der Waals surface area contributed by atoms with Gasteiger partial charge in [0, 0.05) is 12.4 Å². The molecule has 0 amide bonds. The molecule has 0 fully saturated rings. The number of thioether (sulfide) groups is 1. The Balaban J connectivity index is 2.60. The van der Waals surface area contributed by atoms with Crippen molar-refractivity contribution in [2.24, 2.45) is 0 Å². The number of nitrogens with zero attached hydrogens (tertiary/aromatic N) is 3. The Kier molecular flexibility index (Phi) is 4.23. The average Bonchev–Trinajstić information content (AvgIpc) is 2.19. The first-order valence-corrected chi connectivity index (χ1v) is 4.82. The molecule has 0 radical (unpaired) electrons. The Morgan fingerprint density at radius 3 is 3.15 bits per heavy atom. The van der Waals surface area contributed by atoms with E-state index >= 15 is 0 Å². The molecule has 0 aliphatic rings. The van der Waals surface area contributed by atoms with Gasteiger partial charge in [-0.15, -0.1) is 16.9 Å². The highest BCUT2D eigenvalue weighted by molar-refractivity contribution is 7.99. The van der Waals surface area contributed by atoms with E-state index in [2.05, 4.69) is 10.2 Å². The minimum Gasteiger partial charge on any atom is -0.396 e. The van der Waals surface area contributed by atoms with Gasteiger partial charge in [-0.3, -0.25) is 0 Å². The van der Waals surface area contributed by atoms with Gasteiger partial charge in [-0.2, -0.15) is 10.4 Å². The molecule has 0 bridgehead atoms. The van der Waals surface area contributed by atoms with Crippen LogP contribution in [0.15, 0.2) is 17.3 Å². The van der Waals surface area contributed by atoms with E-state index in [4.69, 9.17) is 10.4 Å². The normalized spacial score (nSPS) is 9.54. The molecule has 1 rings (SSSR count). The topological polar surface area (TPSA) is 69.8 Å². The number of aliphatic hydroxyl groups is 1. The predicted molar refractivity (Wildman–Crippen MR) is 49.2 cm³/mol. The van der Waals surface area contributed by atoms with Crippen molar-refractivity contribution >= 4 is 11.8 Å². The maximum Gasteiger partial charge on any atom is 0.137 e. The minimum absolute atomic E-state index is 0.162. The molecule has 0 aliphatic carbocycles. The van der Waals surface area contributed by atoms with Crippen molar-refractivity contribution in [3.8, 4) is 6.07 Å². The summed E-state index contributed by atoms with van der Waals surface area (Å²) < 4.78 is 0. The van der Waals surface area contributed by atoms with E-state index in [1.165, 1.54) is 18.0 Å². The van der Waals surface area contributed by atoms with Crippen LogP contribution in [-0.2, 0) is 0 Å². The van der Waals surface area contributed by atoms with Crippen LogP contribution in [0.2, 0.25) is 0 Å². The number of hydrogen-bond acceptors (Lipinski definition) is 5. The number of aromatic nitrogens is 2. The van der Waals surface area contributed by atoms with Crippen LogP contribution in [0, 0.1) is 11.3 Å². The van der Waals surface area contributed by atoms with Crippen LogP contribution >= 0.6 is 11.8 Å². The maximum absolute atomic E-state index is 8.69. The predicted octanol–water partition coefficient (Wildman–Crippen LogP) is 0.823. The van der Waals surface area contributed by atoms with E-state index in [-0.39, 0.29) is 6.61 Å². The fourth-order valence-corrected chi connectivity index (χ4v) is 1.58. The molecule has 1 N–H and O–H groups in total. The highest BCUT2D eigenvalue weighted by Crippen LogP contribution is 2.18. The summed E-state index contributed by atoms with van der Waals surface area (Å²) in [6.07, 6.45) is 2.20. The second-order valence-corrected chi connectivity index (χ2v) is 3.37. The molecule has 0 spiro atoms. The van der Waals surface area contributed by atoms with Gasteiger partial charge in [0.05, 0.1) is 11.8 Å². The van der Waals surface area contributed by atoms with Crippen molar-refractivity contribution < 1.29 is 5.11 Å². The summed E-state index contributed by atoms with van der Waals surface area (Å²) >= 11 is 1.44. The van der Waals surface area contributed by atoms with E-state index in [1.54, 1.807) is 6.07 Å². The lowest BCUT2D eigenvalue weighted by Crippen LogP contribution is -1.92. The smallest absolute Gasteiger partial charge is 0.137 e. The number of hydrogen-bond donors (Lipinski definition) is 1. The van der Waals surface area contributed by atoms with Crippen molar-refractivity contribution in [1.29, 1.82) is 5.26 Å². The van der Waals surface area contributed by atoms with E-state index < -0.39 is 0 Å². The molecule has 1 aromatic heterocycles. The van der Waals surface area contributed by atoms with Crippen molar-refractivity contribution in [3.05, 3.63) is 17.8 Å². The molecule has 0 saturated carbocycles. The van der Waals surface area contributed by atoms with Gasteiger partial charge in [-0.05, 0) is 12.5 Å². The Labute approximate surface area is 80.6 Å². The second kappa shape index (κ2) is 5.51. The third kappa shape index (κ3) is 3.01. The van der Waals surface area contributed by atoms with Crippen molar-refractivity contribution in [3.63, 3.8) is 0 Å². The maximum atomic E-state index is 8.69. The van der Waals surface area contributed by atoms with Gasteiger partial charge < -0.3 is 5.11 Å². The van der Waals surface area contributed by atoms with Crippen LogP contribution < -0.4 is 0 Å². The lowest BCUT2D eigenvalue weighted by Gasteiger charge is -1.99. The monoisotopic (exact) mass is 195 g/mol. The summed E-state index contributed by atoms with van der Waals surface area (Å²) in [5.41, 5.74) is 0.540. The molecule has 0 unspecified atom stereocenters. The molecule has 0 aromatic carbocycles. The molecule has 5 heteroatoms. The summed E-state index contributed by atoms with van der Waals surface area (Å²) in [4.78, 5) is 0. The summed E-state index contributed by atoms with van der Waals surface area (Å²) in [5.74, 6) is 0.754. The SMILES string of the molecule is N#Cc1ccnnc1SCCCO. The zero-order valence-corrected chi connectivity index (χ0v) is 7.79. The standard InChI is InChI=1S/C8H9N3OS/c9-6-7-2-3-10-11-8(7)13-5-1-4-12/h2-3,12H,1,4-5H2. The fourth-order valence-electron chi connectivity index (χ4n) is 0.744. The van der Waals surface area contributed by atoms with E-state index in [0.717, 1.165) is 5.75 Å². The van der Waals surface area contributed by atoms with Crippen LogP contribution in [0.25, 0.3) is 0 Å².